The van der Waals surface area contributed by atoms with Gasteiger partial charge in [0.2, 0.25) is 0 Å². The second-order valence-corrected chi connectivity index (χ2v) is 14.6. The molecule has 8 aromatic carbocycles. The van der Waals surface area contributed by atoms with Gasteiger partial charge in [-0.2, -0.15) is 0 Å². The first-order chi connectivity index (χ1) is 28.2. The van der Waals surface area contributed by atoms with E-state index in [1.54, 1.807) is 0 Å². The Bertz CT molecular complexity index is 3390. The number of nitrogens with one attached hydrogen (secondary N) is 1. The summed E-state index contributed by atoms with van der Waals surface area (Å²) < 4.78 is 15.8. The van der Waals surface area contributed by atoms with E-state index in [2.05, 4.69) is 149 Å². The quantitative estimate of drug-likeness (QED) is 0.192. The Balaban J connectivity index is 0.985. The van der Waals surface area contributed by atoms with Gasteiger partial charge >= 0.3 is 0 Å². The van der Waals surface area contributed by atoms with E-state index in [-0.39, 0.29) is 6.17 Å². The van der Waals surface area contributed by atoms with Crippen LogP contribution in [0.5, 0.6) is 0 Å². The summed E-state index contributed by atoms with van der Waals surface area (Å²) in [5.41, 5.74) is 11.7. The molecule has 1 N–H and O–H groups in total. The minimum atomic E-state index is -0.278. The average molecular weight is 733 g/mol. The molecule has 1 atom stereocenters. The van der Waals surface area contributed by atoms with E-state index in [1.165, 1.54) is 21.8 Å². The highest BCUT2D eigenvalue weighted by Gasteiger charge is 2.23. The van der Waals surface area contributed by atoms with E-state index >= 15 is 0 Å². The van der Waals surface area contributed by atoms with Gasteiger partial charge in [0, 0.05) is 60.3 Å². The van der Waals surface area contributed by atoms with Crippen molar-refractivity contribution in [2.75, 3.05) is 0 Å². The van der Waals surface area contributed by atoms with E-state index in [4.69, 9.17) is 18.8 Å². The van der Waals surface area contributed by atoms with Crippen LogP contribution in [0.4, 0.5) is 0 Å². The van der Waals surface area contributed by atoms with Crippen LogP contribution in [-0.4, -0.2) is 16.2 Å². The van der Waals surface area contributed by atoms with E-state index in [0.29, 0.717) is 5.84 Å². The van der Waals surface area contributed by atoms with Crippen molar-refractivity contribution >= 4 is 77.4 Å². The summed E-state index contributed by atoms with van der Waals surface area (Å²) in [6.45, 7) is 0. The molecule has 0 saturated carbocycles. The predicted octanol–water partition coefficient (Wildman–Crippen LogP) is 12.7. The molecule has 0 saturated heterocycles. The molecule has 4 heterocycles. The van der Waals surface area contributed by atoms with Crippen LogP contribution in [0.2, 0.25) is 0 Å². The minimum absolute atomic E-state index is 0.278. The highest BCUT2D eigenvalue weighted by molar-refractivity contribution is 6.18. The number of furan rings is 2. The van der Waals surface area contributed by atoms with Gasteiger partial charge in [-0.1, -0.05) is 133 Å². The Morgan fingerprint density at radius 3 is 1.68 bits per heavy atom. The molecule has 6 nitrogen and oxygen atoms in total. The third kappa shape index (κ3) is 4.97. The number of hydrogen-bond donors (Lipinski definition) is 1. The molecule has 3 aromatic heterocycles. The van der Waals surface area contributed by atoms with Crippen LogP contribution in [0.3, 0.4) is 0 Å². The zero-order chi connectivity index (χ0) is 37.5. The third-order valence-corrected chi connectivity index (χ3v) is 11.3. The van der Waals surface area contributed by atoms with Crippen molar-refractivity contribution in [2.45, 2.75) is 6.17 Å². The van der Waals surface area contributed by atoms with Gasteiger partial charge in [-0.05, 0) is 54.1 Å². The van der Waals surface area contributed by atoms with Crippen molar-refractivity contribution in [3.8, 4) is 16.8 Å². The fraction of sp³-hybridized carbons (Fsp3) is 0.0196. The maximum atomic E-state index is 6.71. The molecule has 0 spiro atoms. The Labute approximate surface area is 326 Å². The van der Waals surface area contributed by atoms with Gasteiger partial charge in [0.05, 0.1) is 11.0 Å². The third-order valence-electron chi connectivity index (χ3n) is 11.3. The molecule has 1 unspecified atom stereocenters. The van der Waals surface area contributed by atoms with Crippen LogP contribution in [0, 0.1) is 0 Å². The minimum Gasteiger partial charge on any atom is -0.455 e. The molecular formula is C51H32N4O2. The topological polar surface area (TPSA) is 68.0 Å². The van der Waals surface area contributed by atoms with Gasteiger partial charge in [0.1, 0.15) is 34.3 Å². The Kier molecular flexibility index (Phi) is 6.89. The lowest BCUT2D eigenvalue weighted by molar-refractivity contribution is 0.665. The van der Waals surface area contributed by atoms with Crippen LogP contribution in [0.15, 0.2) is 201 Å². The first kappa shape index (κ1) is 31.6. The lowest BCUT2D eigenvalue weighted by Crippen LogP contribution is -2.33. The van der Waals surface area contributed by atoms with Crippen molar-refractivity contribution in [1.29, 1.82) is 0 Å². The van der Waals surface area contributed by atoms with Crippen molar-refractivity contribution in [3.05, 3.63) is 199 Å². The Hall–Kier alpha value is -7.70. The van der Waals surface area contributed by atoms with E-state index in [0.717, 1.165) is 83.2 Å². The highest BCUT2D eigenvalue weighted by atomic mass is 16.3. The number of nitrogens with zero attached hydrogens (tertiary/aromatic N) is 3. The van der Waals surface area contributed by atoms with Crippen LogP contribution < -0.4 is 5.32 Å². The number of hydrogen-bond acceptors (Lipinski definition) is 5. The smallest absolute Gasteiger partial charge is 0.159 e. The molecule has 0 amide bonds. The SMILES string of the molecule is c1ccc(C2=NC(c3ccc4oc5c(-c6cccc7c6oc6ccc(-n8c9ccccc9c9ccccc98)cc67)cccc5c4c3)=NC(c3ccccc3)N2)cc1. The molecule has 12 rings (SSSR count). The summed E-state index contributed by atoms with van der Waals surface area (Å²) >= 11 is 0. The van der Waals surface area contributed by atoms with Gasteiger partial charge in [-0.3, -0.25) is 0 Å². The molecule has 0 bridgehead atoms. The number of benzene rings is 8. The van der Waals surface area contributed by atoms with Gasteiger partial charge in [-0.15, -0.1) is 0 Å². The molecular weight excluding hydrogens is 701 g/mol. The van der Waals surface area contributed by atoms with Crippen molar-refractivity contribution < 1.29 is 8.83 Å². The van der Waals surface area contributed by atoms with Gasteiger partial charge < -0.3 is 18.7 Å². The molecule has 6 heteroatoms. The summed E-state index contributed by atoms with van der Waals surface area (Å²) in [5, 5.41) is 10.2. The van der Waals surface area contributed by atoms with E-state index < -0.39 is 0 Å². The summed E-state index contributed by atoms with van der Waals surface area (Å²) in [4.78, 5) is 10.2. The second-order valence-electron chi connectivity index (χ2n) is 14.6. The summed E-state index contributed by atoms with van der Waals surface area (Å²) in [6.07, 6.45) is -0.278. The van der Waals surface area contributed by atoms with Crippen molar-refractivity contribution in [1.82, 2.24) is 9.88 Å². The lowest BCUT2D eigenvalue weighted by Gasteiger charge is -2.23. The average Bonchev–Trinajstić information content (AvgIpc) is 3.96. The van der Waals surface area contributed by atoms with E-state index in [9.17, 15) is 0 Å². The van der Waals surface area contributed by atoms with Gasteiger partial charge in [-0.25, -0.2) is 9.98 Å². The molecule has 11 aromatic rings. The molecule has 0 radical (unpaired) electrons. The molecule has 0 aliphatic carbocycles. The number of fused-ring (bicyclic) bond motifs is 9. The summed E-state index contributed by atoms with van der Waals surface area (Å²) in [7, 11) is 0. The Morgan fingerprint density at radius 1 is 0.456 bits per heavy atom. The molecule has 0 fully saturated rings. The maximum absolute atomic E-state index is 6.71. The number of para-hydroxylation sites is 4. The first-order valence-electron chi connectivity index (χ1n) is 19.2. The molecule has 268 valence electrons. The number of aromatic nitrogens is 1. The maximum Gasteiger partial charge on any atom is 0.159 e. The first-order valence-corrected chi connectivity index (χ1v) is 19.2. The largest absolute Gasteiger partial charge is 0.455 e. The van der Waals surface area contributed by atoms with Crippen LogP contribution in [-0.2, 0) is 0 Å². The predicted molar refractivity (Wildman–Crippen MR) is 233 cm³/mol. The Morgan fingerprint density at radius 2 is 1.02 bits per heavy atom. The lowest BCUT2D eigenvalue weighted by atomic mass is 9.99. The molecule has 1 aliphatic heterocycles. The number of rotatable bonds is 5. The number of aliphatic imine (C=N–C) groups is 2. The monoisotopic (exact) mass is 732 g/mol. The number of amidine groups is 2. The second kappa shape index (κ2) is 12.4. The fourth-order valence-corrected chi connectivity index (χ4v) is 8.62. The summed E-state index contributed by atoms with van der Waals surface area (Å²) in [5.74, 6) is 1.45. The highest BCUT2D eigenvalue weighted by Crippen LogP contribution is 2.42. The van der Waals surface area contributed by atoms with Crippen molar-refractivity contribution in [3.63, 3.8) is 0 Å². The van der Waals surface area contributed by atoms with Crippen LogP contribution in [0.1, 0.15) is 22.9 Å². The van der Waals surface area contributed by atoms with Crippen LogP contribution >= 0.6 is 0 Å². The zero-order valence-electron chi connectivity index (χ0n) is 30.6. The normalized spacial score (nSPS) is 14.5. The zero-order valence-corrected chi connectivity index (χ0v) is 30.6. The van der Waals surface area contributed by atoms with Gasteiger partial charge in [0.15, 0.2) is 5.84 Å². The fourth-order valence-electron chi connectivity index (χ4n) is 8.62. The molecule has 1 aliphatic rings. The standard InChI is InChI=1S/C51H32N4O2/c1-3-13-31(14-4-1)49-52-50(32-15-5-2-6-16-32)54-51(53-49)33-25-27-45-41(29-33)39-21-11-19-37(47(39)56-45)38-20-12-22-40-42-30-34(26-28-46(42)57-48(38)40)55-43-23-9-7-17-35(43)36-18-8-10-24-44(36)55/h1-30,49H,(H,52,53,54). The summed E-state index contributed by atoms with van der Waals surface area (Å²) in [6, 6.07) is 63.2. The van der Waals surface area contributed by atoms with Crippen molar-refractivity contribution in [2.24, 2.45) is 9.98 Å². The van der Waals surface area contributed by atoms with E-state index in [1.807, 2.05) is 42.5 Å². The van der Waals surface area contributed by atoms with Gasteiger partial charge in [0.25, 0.3) is 0 Å². The van der Waals surface area contributed by atoms with Crippen LogP contribution in [0.25, 0.3) is 82.5 Å². The molecule has 57 heavy (non-hydrogen) atoms.